The van der Waals surface area contributed by atoms with Gasteiger partial charge in [0.15, 0.2) is 11.3 Å². The Bertz CT molecular complexity index is 1110. The second-order valence-electron chi connectivity index (χ2n) is 6.51. The Morgan fingerprint density at radius 3 is 2.21 bits per heavy atom. The summed E-state index contributed by atoms with van der Waals surface area (Å²) in [6, 6.07) is 28.4. The smallest absolute Gasteiger partial charge is 0.205 e. The van der Waals surface area contributed by atoms with Crippen LogP contribution in [-0.2, 0) is 0 Å². The van der Waals surface area contributed by atoms with Crippen molar-refractivity contribution in [2.24, 2.45) is 10.1 Å². The number of thiocarbonyl (C=S) groups is 1. The molecule has 0 aromatic heterocycles. The maximum absolute atomic E-state index is 5.89. The molecule has 0 amide bonds. The largest absolute Gasteiger partial charge is 0.290 e. The van der Waals surface area contributed by atoms with Crippen molar-refractivity contribution in [1.29, 1.82) is 0 Å². The van der Waals surface area contributed by atoms with Gasteiger partial charge >= 0.3 is 0 Å². The van der Waals surface area contributed by atoms with E-state index in [4.69, 9.17) is 22.3 Å². The van der Waals surface area contributed by atoms with E-state index in [0.29, 0.717) is 5.11 Å². The van der Waals surface area contributed by atoms with Crippen LogP contribution in [0.25, 0.3) is 0 Å². The molecule has 0 fully saturated rings. The summed E-state index contributed by atoms with van der Waals surface area (Å²) in [5, 5.41) is 8.86. The van der Waals surface area contributed by atoms with Crippen LogP contribution in [0.15, 0.2) is 99.5 Å². The maximum Gasteiger partial charge on any atom is 0.205 e. The third-order valence-electron chi connectivity index (χ3n) is 4.65. The van der Waals surface area contributed by atoms with E-state index in [0.717, 1.165) is 31.5 Å². The molecule has 0 spiro atoms. The normalized spacial score (nSPS) is 18.4. The first-order chi connectivity index (χ1) is 14.2. The highest BCUT2D eigenvalue weighted by atomic mass is 79.9. The van der Waals surface area contributed by atoms with Crippen LogP contribution in [0.2, 0.25) is 0 Å². The van der Waals surface area contributed by atoms with Crippen molar-refractivity contribution < 1.29 is 0 Å². The van der Waals surface area contributed by atoms with Crippen molar-refractivity contribution in [3.63, 3.8) is 0 Å². The second-order valence-corrected chi connectivity index (χ2v) is 8.75. The highest BCUT2D eigenvalue weighted by molar-refractivity contribution is 9.10. The van der Waals surface area contributed by atoms with Crippen molar-refractivity contribution in [2.75, 3.05) is 4.90 Å². The first-order valence-corrected chi connectivity index (χ1v) is 11.1. The average molecular weight is 479 g/mol. The number of hydrazone groups is 1. The number of benzene rings is 3. The molecule has 2 aliphatic rings. The number of halogens is 1. The second kappa shape index (κ2) is 7.74. The minimum atomic E-state index is -0.248. The number of fused-ring (bicyclic) bond motifs is 1. The van der Waals surface area contributed by atoms with Crippen LogP contribution in [0.1, 0.15) is 17.3 Å². The lowest BCUT2D eigenvalue weighted by Crippen LogP contribution is -2.47. The number of para-hydroxylation sites is 1. The third-order valence-corrected chi connectivity index (χ3v) is 6.52. The quantitative estimate of drug-likeness (QED) is 0.430. The van der Waals surface area contributed by atoms with Gasteiger partial charge in [-0.3, -0.25) is 4.90 Å². The Kier molecular flexibility index (Phi) is 4.95. The molecule has 4 nitrogen and oxygen atoms in total. The van der Waals surface area contributed by atoms with Gasteiger partial charge in [0, 0.05) is 15.7 Å². The lowest BCUT2D eigenvalue weighted by molar-refractivity contribution is 0.598. The van der Waals surface area contributed by atoms with Crippen molar-refractivity contribution in [2.45, 2.75) is 6.17 Å². The fraction of sp³-hybridized carbons (Fsp3) is 0.0455. The van der Waals surface area contributed by atoms with Crippen LogP contribution in [0.4, 0.5) is 5.69 Å². The minimum Gasteiger partial charge on any atom is -0.290 e. The Morgan fingerprint density at radius 2 is 1.52 bits per heavy atom. The number of anilines is 1. The van der Waals surface area contributed by atoms with Gasteiger partial charge in [-0.1, -0.05) is 76.6 Å². The van der Waals surface area contributed by atoms with E-state index in [2.05, 4.69) is 45.1 Å². The molecule has 3 aromatic carbocycles. The molecule has 142 valence electrons. The van der Waals surface area contributed by atoms with Crippen LogP contribution >= 0.6 is 39.9 Å². The predicted molar refractivity (Wildman–Crippen MR) is 128 cm³/mol. The van der Waals surface area contributed by atoms with Gasteiger partial charge < -0.3 is 0 Å². The summed E-state index contributed by atoms with van der Waals surface area (Å²) in [6.45, 7) is 0. The molecule has 7 heteroatoms. The van der Waals surface area contributed by atoms with Crippen molar-refractivity contribution >= 4 is 60.9 Å². The number of nitrogens with zero attached hydrogens (tertiary/aromatic N) is 4. The van der Waals surface area contributed by atoms with E-state index in [1.165, 1.54) is 0 Å². The van der Waals surface area contributed by atoms with E-state index >= 15 is 0 Å². The molecule has 1 atom stereocenters. The molecule has 0 saturated heterocycles. The molecule has 0 saturated carbocycles. The first-order valence-electron chi connectivity index (χ1n) is 9.04. The summed E-state index contributed by atoms with van der Waals surface area (Å²) in [5.74, 6) is 0. The van der Waals surface area contributed by atoms with Gasteiger partial charge in [-0.2, -0.15) is 10.1 Å². The summed E-state index contributed by atoms with van der Waals surface area (Å²) in [4.78, 5) is 7.10. The van der Waals surface area contributed by atoms with Crippen molar-refractivity contribution in [3.8, 4) is 0 Å². The molecular formula is C22H15BrN4S2. The van der Waals surface area contributed by atoms with Gasteiger partial charge in [0.25, 0.3) is 0 Å². The summed E-state index contributed by atoms with van der Waals surface area (Å²) >= 11 is 11.0. The van der Waals surface area contributed by atoms with Gasteiger partial charge in [-0.15, -0.1) is 0 Å². The van der Waals surface area contributed by atoms with E-state index in [1.807, 2.05) is 60.7 Å². The fourth-order valence-electron chi connectivity index (χ4n) is 3.25. The minimum absolute atomic E-state index is 0.248. The number of aliphatic imine (C=N–C) groups is 1. The van der Waals surface area contributed by atoms with Crippen LogP contribution in [0.3, 0.4) is 0 Å². The fourth-order valence-corrected chi connectivity index (χ4v) is 4.82. The molecule has 5 rings (SSSR count). The standard InChI is InChI=1S/C22H15BrN4S2/c23-17-13-11-15(12-14-17)19-24-21-27(22(28)26(19)18-9-5-2-6-10-18)25-20(29-21)16-7-3-1-4-8-16/h1-14,19H/t19-/m1/s1. The first kappa shape index (κ1) is 18.5. The molecule has 3 aromatic rings. The van der Waals surface area contributed by atoms with Crippen LogP contribution < -0.4 is 4.90 Å². The molecule has 0 N–H and O–H groups in total. The lowest BCUT2D eigenvalue weighted by atomic mass is 10.1. The summed E-state index contributed by atoms with van der Waals surface area (Å²) in [6.07, 6.45) is -0.248. The van der Waals surface area contributed by atoms with Gasteiger partial charge in [-0.05, 0) is 53.8 Å². The molecule has 0 bridgehead atoms. The number of hydrogen-bond donors (Lipinski definition) is 0. The van der Waals surface area contributed by atoms with Crippen LogP contribution in [0.5, 0.6) is 0 Å². The number of amidine groups is 1. The Balaban J connectivity index is 1.60. The monoisotopic (exact) mass is 478 g/mol. The highest BCUT2D eigenvalue weighted by Gasteiger charge is 2.39. The summed E-state index contributed by atoms with van der Waals surface area (Å²) < 4.78 is 1.03. The SMILES string of the molecule is S=C1N2N=C(c3ccccc3)SC2=N[C@@H](c2ccc(Br)cc2)N1c1ccccc1. The van der Waals surface area contributed by atoms with E-state index in [9.17, 15) is 0 Å². The van der Waals surface area contributed by atoms with E-state index in [-0.39, 0.29) is 6.17 Å². The molecular weight excluding hydrogens is 464 g/mol. The Morgan fingerprint density at radius 1 is 0.862 bits per heavy atom. The maximum atomic E-state index is 5.89. The Hall–Kier alpha value is -2.48. The molecule has 0 aliphatic carbocycles. The predicted octanol–water partition coefficient (Wildman–Crippen LogP) is 6.02. The number of rotatable bonds is 3. The van der Waals surface area contributed by atoms with Crippen molar-refractivity contribution in [1.82, 2.24) is 5.01 Å². The highest BCUT2D eigenvalue weighted by Crippen LogP contribution is 2.38. The van der Waals surface area contributed by atoms with Crippen LogP contribution in [-0.4, -0.2) is 20.3 Å². The summed E-state index contributed by atoms with van der Waals surface area (Å²) in [7, 11) is 0. The van der Waals surface area contributed by atoms with E-state index < -0.39 is 0 Å². The zero-order chi connectivity index (χ0) is 19.8. The Labute approximate surface area is 187 Å². The van der Waals surface area contributed by atoms with Gasteiger partial charge in [-0.25, -0.2) is 4.99 Å². The molecule has 0 radical (unpaired) electrons. The molecule has 2 heterocycles. The molecule has 0 unspecified atom stereocenters. The molecule has 2 aliphatic heterocycles. The van der Waals surface area contributed by atoms with Gasteiger partial charge in [0.05, 0.1) is 0 Å². The zero-order valence-electron chi connectivity index (χ0n) is 15.1. The van der Waals surface area contributed by atoms with Crippen LogP contribution in [0, 0.1) is 0 Å². The van der Waals surface area contributed by atoms with E-state index in [1.54, 1.807) is 16.8 Å². The topological polar surface area (TPSA) is 31.2 Å². The lowest BCUT2D eigenvalue weighted by Gasteiger charge is -2.37. The third kappa shape index (κ3) is 3.50. The van der Waals surface area contributed by atoms with Gasteiger partial charge in [0.1, 0.15) is 5.04 Å². The number of thioether (sulfide) groups is 1. The molecule has 29 heavy (non-hydrogen) atoms. The number of hydrogen-bond acceptors (Lipinski definition) is 4. The zero-order valence-corrected chi connectivity index (χ0v) is 18.4. The average Bonchev–Trinajstić information content (AvgIpc) is 3.20. The summed E-state index contributed by atoms with van der Waals surface area (Å²) in [5.41, 5.74) is 3.12. The van der Waals surface area contributed by atoms with Crippen molar-refractivity contribution in [3.05, 3.63) is 101 Å². The van der Waals surface area contributed by atoms with Gasteiger partial charge in [0.2, 0.25) is 5.11 Å².